The van der Waals surface area contributed by atoms with Crippen LogP contribution in [0.2, 0.25) is 0 Å². The van der Waals surface area contributed by atoms with Crippen molar-refractivity contribution in [3.63, 3.8) is 0 Å². The molecule has 0 bridgehead atoms. The molecule has 0 atom stereocenters. The molecular weight excluding hydrogens is 70.1 g/mol. The van der Waals surface area contributed by atoms with E-state index in [4.69, 9.17) is 0 Å². The van der Waals surface area contributed by atoms with Crippen LogP contribution in [-0.4, -0.2) is 6.54 Å². The number of rotatable bonds is 1. The van der Waals surface area contributed by atoms with E-state index in [2.05, 4.69) is 17.5 Å². The summed E-state index contributed by atoms with van der Waals surface area (Å²) in [5.74, 6) is 0. The smallest absolute Gasteiger partial charge is 0.00519 e. The fourth-order valence-electron chi connectivity index (χ4n) is 0. The lowest BCUT2D eigenvalue weighted by molar-refractivity contribution is 1.04. The average Bonchev–Trinajstić information content (AvgIpc) is 1.37. The Morgan fingerprint density at radius 2 is 2.25 bits per heavy atom. The molecule has 2 heteroatoms. The number of hydrogen-bond acceptors (Lipinski definition) is 1. The summed E-state index contributed by atoms with van der Waals surface area (Å²) in [6.07, 6.45) is 0. The van der Waals surface area contributed by atoms with Gasteiger partial charge in [0.2, 0.25) is 0 Å². The highest BCUT2D eigenvalue weighted by molar-refractivity contribution is 7.78. The molecule has 0 saturated heterocycles. The lowest BCUT2D eigenvalue weighted by Crippen LogP contribution is -1.91. The standard InChI is InChI=1S/C2H6NS/c1-2-3-4/h3H,2H2,1H3. The summed E-state index contributed by atoms with van der Waals surface area (Å²) in [5.41, 5.74) is 0. The van der Waals surface area contributed by atoms with E-state index < -0.39 is 0 Å². The Morgan fingerprint density at radius 1 is 2.00 bits per heavy atom. The van der Waals surface area contributed by atoms with E-state index in [9.17, 15) is 0 Å². The summed E-state index contributed by atoms with van der Waals surface area (Å²) in [5, 5.41) is 0. The fourth-order valence-corrected chi connectivity index (χ4v) is 0. The molecular formula is C2H6NS. The van der Waals surface area contributed by atoms with Crippen LogP contribution in [0.1, 0.15) is 6.92 Å². The highest BCUT2D eigenvalue weighted by Gasteiger charge is 1.53. The van der Waals surface area contributed by atoms with E-state index in [1.165, 1.54) is 0 Å². The Hall–Kier alpha value is 0.310. The highest BCUT2D eigenvalue weighted by atomic mass is 32.1. The molecule has 0 aliphatic carbocycles. The summed E-state index contributed by atoms with van der Waals surface area (Å²) >= 11 is 4.30. The van der Waals surface area contributed by atoms with Crippen molar-refractivity contribution in [1.82, 2.24) is 4.72 Å². The van der Waals surface area contributed by atoms with Gasteiger partial charge in [0.15, 0.2) is 0 Å². The van der Waals surface area contributed by atoms with Crippen LogP contribution in [0.25, 0.3) is 0 Å². The topological polar surface area (TPSA) is 12.0 Å². The Morgan fingerprint density at radius 3 is 2.25 bits per heavy atom. The molecule has 0 aliphatic heterocycles. The van der Waals surface area contributed by atoms with Crippen LogP contribution in [0.3, 0.4) is 0 Å². The quantitative estimate of drug-likeness (QED) is 0.485. The molecule has 0 heterocycles. The van der Waals surface area contributed by atoms with Gasteiger partial charge in [-0.05, 0) is 0 Å². The minimum Gasteiger partial charge on any atom is -0.254 e. The molecule has 1 nitrogen and oxygen atoms in total. The second-order valence-electron chi connectivity index (χ2n) is 0.498. The minimum absolute atomic E-state index is 0.884. The molecule has 1 N–H and O–H groups in total. The van der Waals surface area contributed by atoms with Crippen LogP contribution in [0, 0.1) is 0 Å². The molecule has 0 rings (SSSR count). The fraction of sp³-hybridized carbons (Fsp3) is 1.00. The van der Waals surface area contributed by atoms with Gasteiger partial charge in [0.1, 0.15) is 0 Å². The minimum atomic E-state index is 0.884. The van der Waals surface area contributed by atoms with E-state index in [-0.39, 0.29) is 0 Å². The molecule has 0 aromatic carbocycles. The summed E-state index contributed by atoms with van der Waals surface area (Å²) < 4.78 is 2.51. The van der Waals surface area contributed by atoms with E-state index >= 15 is 0 Å². The van der Waals surface area contributed by atoms with Gasteiger partial charge in [-0.15, -0.1) is 0 Å². The van der Waals surface area contributed by atoms with E-state index in [1.54, 1.807) is 0 Å². The molecule has 0 fully saturated rings. The third-order valence-electron chi connectivity index (χ3n) is 0.144. The maximum absolute atomic E-state index is 4.30. The zero-order valence-corrected chi connectivity index (χ0v) is 3.43. The SMILES string of the molecule is CCN[S]. The Labute approximate surface area is 31.9 Å². The normalized spacial score (nSPS) is 7.50. The first kappa shape index (κ1) is 4.31. The average molecular weight is 76.1 g/mol. The molecule has 1 radical (unpaired) electrons. The van der Waals surface area contributed by atoms with Gasteiger partial charge < -0.3 is 0 Å². The summed E-state index contributed by atoms with van der Waals surface area (Å²) in [6.45, 7) is 2.85. The Kier molecular flexibility index (Phi) is 3.57. The van der Waals surface area contributed by atoms with Crippen molar-refractivity contribution in [2.45, 2.75) is 6.92 Å². The number of nitrogens with one attached hydrogen (secondary N) is 1. The Balaban J connectivity index is 1.97. The summed E-state index contributed by atoms with van der Waals surface area (Å²) in [4.78, 5) is 0. The summed E-state index contributed by atoms with van der Waals surface area (Å²) in [6, 6.07) is 0. The maximum atomic E-state index is 4.30. The van der Waals surface area contributed by atoms with Gasteiger partial charge in [-0.2, -0.15) is 0 Å². The molecule has 0 aromatic rings. The van der Waals surface area contributed by atoms with Crippen LogP contribution < -0.4 is 4.72 Å². The van der Waals surface area contributed by atoms with E-state index in [1.807, 2.05) is 6.92 Å². The monoisotopic (exact) mass is 76.0 g/mol. The van der Waals surface area contributed by atoms with Crippen LogP contribution in [0.5, 0.6) is 0 Å². The van der Waals surface area contributed by atoms with Gasteiger partial charge in [-0.25, -0.2) is 0 Å². The lowest BCUT2D eigenvalue weighted by atomic mass is 10.8. The van der Waals surface area contributed by atoms with Gasteiger partial charge in [-0.3, -0.25) is 4.72 Å². The van der Waals surface area contributed by atoms with Gasteiger partial charge in [0.05, 0.1) is 0 Å². The zero-order valence-electron chi connectivity index (χ0n) is 2.62. The van der Waals surface area contributed by atoms with Crippen molar-refractivity contribution in [2.24, 2.45) is 0 Å². The Bertz CT molecular complexity index is 8.00. The van der Waals surface area contributed by atoms with Crippen molar-refractivity contribution in [1.29, 1.82) is 0 Å². The lowest BCUT2D eigenvalue weighted by Gasteiger charge is -1.72. The van der Waals surface area contributed by atoms with Crippen molar-refractivity contribution in [3.8, 4) is 0 Å². The van der Waals surface area contributed by atoms with Crippen molar-refractivity contribution in [3.05, 3.63) is 0 Å². The van der Waals surface area contributed by atoms with Crippen LogP contribution in [0.4, 0.5) is 0 Å². The molecule has 4 heavy (non-hydrogen) atoms. The van der Waals surface area contributed by atoms with Crippen molar-refractivity contribution < 1.29 is 0 Å². The van der Waals surface area contributed by atoms with Crippen LogP contribution in [0.15, 0.2) is 0 Å². The molecule has 0 saturated carbocycles. The van der Waals surface area contributed by atoms with Gasteiger partial charge >= 0.3 is 0 Å². The predicted octanol–water partition coefficient (Wildman–Crippen LogP) is 0.708. The molecule has 0 amide bonds. The van der Waals surface area contributed by atoms with E-state index in [0.29, 0.717) is 0 Å². The predicted molar refractivity (Wildman–Crippen MR) is 21.3 cm³/mol. The zero-order chi connectivity index (χ0) is 3.41. The molecule has 25 valence electrons. The first-order valence-electron chi connectivity index (χ1n) is 1.26. The third kappa shape index (κ3) is 2.31. The number of hydrogen-bond donors (Lipinski definition) is 1. The second kappa shape index (κ2) is 3.31. The summed E-state index contributed by atoms with van der Waals surface area (Å²) in [7, 11) is 0. The van der Waals surface area contributed by atoms with Gasteiger partial charge in [-0.1, -0.05) is 6.92 Å². The van der Waals surface area contributed by atoms with Crippen LogP contribution >= 0.6 is 12.8 Å². The van der Waals surface area contributed by atoms with Crippen molar-refractivity contribution in [2.75, 3.05) is 6.54 Å². The third-order valence-corrected chi connectivity index (χ3v) is 0.433. The first-order chi connectivity index (χ1) is 1.91. The van der Waals surface area contributed by atoms with Gasteiger partial charge in [0, 0.05) is 19.4 Å². The van der Waals surface area contributed by atoms with Gasteiger partial charge in [0.25, 0.3) is 0 Å². The molecule has 0 spiro atoms. The van der Waals surface area contributed by atoms with Crippen LogP contribution in [-0.2, 0) is 0 Å². The molecule has 0 aromatic heterocycles. The highest BCUT2D eigenvalue weighted by Crippen LogP contribution is 1.50. The van der Waals surface area contributed by atoms with Crippen molar-refractivity contribution >= 4 is 12.8 Å². The maximum Gasteiger partial charge on any atom is 0.00519 e. The largest absolute Gasteiger partial charge is 0.254 e. The first-order valence-corrected chi connectivity index (χ1v) is 1.67. The second-order valence-corrected chi connectivity index (χ2v) is 0.787. The molecule has 0 aliphatic rings. The van der Waals surface area contributed by atoms with E-state index in [0.717, 1.165) is 6.54 Å². The molecule has 0 unspecified atom stereocenters.